The van der Waals surface area contributed by atoms with Gasteiger partial charge in [0.1, 0.15) is 5.15 Å². The lowest BCUT2D eigenvalue weighted by atomic mass is 10.2. The topological polar surface area (TPSA) is 77.2 Å². The summed E-state index contributed by atoms with van der Waals surface area (Å²) in [5.41, 5.74) is 3.06. The lowest BCUT2D eigenvalue weighted by Gasteiger charge is -2.05. The molecular weight excluding hydrogens is 206 g/mol. The maximum absolute atomic E-state index is 11.3. The predicted octanol–water partition coefficient (Wildman–Crippen LogP) is 1.20. The van der Waals surface area contributed by atoms with Crippen molar-refractivity contribution in [2.24, 2.45) is 5.84 Å². The first-order valence-corrected chi connectivity index (χ1v) is 4.36. The molecule has 6 heteroatoms. The Morgan fingerprint density at radius 3 is 3.07 bits per heavy atom. The van der Waals surface area contributed by atoms with E-state index >= 15 is 0 Å². The summed E-state index contributed by atoms with van der Waals surface area (Å²) in [6, 6.07) is 1.48. The van der Waals surface area contributed by atoms with Crippen LogP contribution in [0.1, 0.15) is 17.3 Å². The van der Waals surface area contributed by atoms with Gasteiger partial charge < -0.3 is 10.2 Å². The van der Waals surface area contributed by atoms with Gasteiger partial charge in [-0.15, -0.1) is 0 Å². The molecule has 0 atom stereocenters. The molecule has 5 nitrogen and oxygen atoms in total. The number of nitrogens with two attached hydrogens (primary N) is 1. The zero-order valence-corrected chi connectivity index (χ0v) is 8.34. The van der Waals surface area contributed by atoms with Crippen molar-refractivity contribution in [3.63, 3.8) is 0 Å². The minimum atomic E-state index is -0.512. The number of pyridine rings is 1. The molecule has 0 aliphatic heterocycles. The number of anilines is 1. The van der Waals surface area contributed by atoms with Gasteiger partial charge in [0, 0.05) is 0 Å². The quantitative estimate of drug-likeness (QED) is 0.343. The number of ether oxygens (including phenoxy) is 1. The van der Waals surface area contributed by atoms with Gasteiger partial charge >= 0.3 is 5.97 Å². The molecule has 0 saturated carbocycles. The monoisotopic (exact) mass is 215 g/mol. The Morgan fingerprint density at radius 2 is 2.50 bits per heavy atom. The Morgan fingerprint density at radius 1 is 1.79 bits per heavy atom. The van der Waals surface area contributed by atoms with Crippen LogP contribution in [0.25, 0.3) is 0 Å². The number of aromatic nitrogens is 1. The fourth-order valence-electron chi connectivity index (χ4n) is 0.879. The van der Waals surface area contributed by atoms with Crippen LogP contribution < -0.4 is 11.3 Å². The van der Waals surface area contributed by atoms with Crippen LogP contribution in [0, 0.1) is 0 Å². The molecule has 0 aliphatic rings. The summed E-state index contributed by atoms with van der Waals surface area (Å²) in [5, 5.41) is 0.0995. The maximum atomic E-state index is 11.3. The Kier molecular flexibility index (Phi) is 3.67. The van der Waals surface area contributed by atoms with Gasteiger partial charge in [0.25, 0.3) is 0 Å². The van der Waals surface area contributed by atoms with Gasteiger partial charge in [-0.05, 0) is 13.0 Å². The number of esters is 1. The lowest BCUT2D eigenvalue weighted by molar-refractivity contribution is 0.0526. The molecule has 1 aromatic heterocycles. The van der Waals surface area contributed by atoms with Crippen molar-refractivity contribution < 1.29 is 9.53 Å². The van der Waals surface area contributed by atoms with Crippen molar-refractivity contribution in [1.82, 2.24) is 4.98 Å². The SMILES string of the molecule is CCOC(=O)c1cc(NN)cnc1Cl. The second-order valence-corrected chi connectivity index (χ2v) is 2.79. The molecule has 0 aliphatic carbocycles. The van der Waals surface area contributed by atoms with E-state index in [0.717, 1.165) is 0 Å². The molecule has 0 radical (unpaired) electrons. The summed E-state index contributed by atoms with van der Waals surface area (Å²) in [6.45, 7) is 2.00. The first-order valence-electron chi connectivity index (χ1n) is 3.98. The number of nitrogens with zero attached hydrogens (tertiary/aromatic N) is 1. The Bertz CT molecular complexity index is 343. The summed E-state index contributed by atoms with van der Waals surface area (Å²) < 4.78 is 4.78. The van der Waals surface area contributed by atoms with Crippen molar-refractivity contribution in [2.75, 3.05) is 12.0 Å². The van der Waals surface area contributed by atoms with E-state index in [1.807, 2.05) is 0 Å². The second-order valence-electron chi connectivity index (χ2n) is 2.43. The third-order valence-corrected chi connectivity index (χ3v) is 1.80. The van der Waals surface area contributed by atoms with Gasteiger partial charge in [-0.3, -0.25) is 5.84 Å². The number of nitrogen functional groups attached to an aromatic ring is 1. The zero-order valence-electron chi connectivity index (χ0n) is 7.58. The molecule has 0 amide bonds. The molecule has 1 aromatic rings. The van der Waals surface area contributed by atoms with E-state index in [0.29, 0.717) is 5.69 Å². The molecule has 1 heterocycles. The van der Waals surface area contributed by atoms with E-state index in [1.165, 1.54) is 12.3 Å². The van der Waals surface area contributed by atoms with Crippen LogP contribution in [0.15, 0.2) is 12.3 Å². The normalized spacial score (nSPS) is 9.64. The summed E-state index contributed by atoms with van der Waals surface area (Å²) in [4.78, 5) is 15.1. The average molecular weight is 216 g/mol. The summed E-state index contributed by atoms with van der Waals surface area (Å²) >= 11 is 5.70. The van der Waals surface area contributed by atoms with E-state index in [1.54, 1.807) is 6.92 Å². The third-order valence-electron chi connectivity index (χ3n) is 1.50. The van der Waals surface area contributed by atoms with Gasteiger partial charge in [0.05, 0.1) is 24.1 Å². The van der Waals surface area contributed by atoms with Crippen LogP contribution >= 0.6 is 11.6 Å². The smallest absolute Gasteiger partial charge is 0.341 e. The van der Waals surface area contributed by atoms with Crippen molar-refractivity contribution in [3.05, 3.63) is 23.0 Å². The Labute approximate surface area is 86.2 Å². The minimum Gasteiger partial charge on any atom is -0.462 e. The standard InChI is InChI=1S/C8H10ClN3O2/c1-2-14-8(13)6-3-5(12-10)4-11-7(6)9/h3-4,12H,2,10H2,1H3. The molecule has 14 heavy (non-hydrogen) atoms. The highest BCUT2D eigenvalue weighted by molar-refractivity contribution is 6.32. The summed E-state index contributed by atoms with van der Waals surface area (Å²) in [6.07, 6.45) is 1.42. The second kappa shape index (κ2) is 4.78. The van der Waals surface area contributed by atoms with E-state index in [2.05, 4.69) is 10.4 Å². The van der Waals surface area contributed by atoms with Crippen molar-refractivity contribution >= 4 is 23.3 Å². The van der Waals surface area contributed by atoms with E-state index in [4.69, 9.17) is 22.2 Å². The molecule has 0 fully saturated rings. The minimum absolute atomic E-state index is 0.0995. The van der Waals surface area contributed by atoms with Crippen LogP contribution in [0.4, 0.5) is 5.69 Å². The number of hydrogen-bond acceptors (Lipinski definition) is 5. The van der Waals surface area contributed by atoms with E-state index in [9.17, 15) is 4.79 Å². The number of nitrogens with one attached hydrogen (secondary N) is 1. The van der Waals surface area contributed by atoms with Crippen LogP contribution in [0.3, 0.4) is 0 Å². The van der Waals surface area contributed by atoms with Crippen LogP contribution in [0.5, 0.6) is 0 Å². The van der Waals surface area contributed by atoms with E-state index < -0.39 is 5.97 Å². The largest absolute Gasteiger partial charge is 0.462 e. The fourth-order valence-corrected chi connectivity index (χ4v) is 1.06. The van der Waals surface area contributed by atoms with Crippen LogP contribution in [-0.2, 0) is 4.74 Å². The molecule has 0 saturated heterocycles. The number of carbonyl (C=O) groups excluding carboxylic acids is 1. The number of carbonyl (C=O) groups is 1. The molecule has 0 aromatic carbocycles. The highest BCUT2D eigenvalue weighted by Crippen LogP contribution is 2.17. The van der Waals surface area contributed by atoms with Crippen LogP contribution in [-0.4, -0.2) is 17.6 Å². The first-order chi connectivity index (χ1) is 6.69. The number of halogens is 1. The Balaban J connectivity index is 2.99. The lowest BCUT2D eigenvalue weighted by Crippen LogP contribution is -2.10. The van der Waals surface area contributed by atoms with Gasteiger partial charge in [0.15, 0.2) is 0 Å². The Hall–Kier alpha value is -1.33. The number of hydrogen-bond donors (Lipinski definition) is 2. The van der Waals surface area contributed by atoms with Gasteiger partial charge in [0.2, 0.25) is 0 Å². The van der Waals surface area contributed by atoms with Crippen molar-refractivity contribution in [1.29, 1.82) is 0 Å². The molecule has 0 bridgehead atoms. The fraction of sp³-hybridized carbons (Fsp3) is 0.250. The molecule has 76 valence electrons. The molecule has 0 unspecified atom stereocenters. The zero-order chi connectivity index (χ0) is 10.6. The first kappa shape index (κ1) is 10.7. The highest BCUT2D eigenvalue weighted by Gasteiger charge is 2.12. The van der Waals surface area contributed by atoms with Gasteiger partial charge in [-0.2, -0.15) is 0 Å². The molecule has 1 rings (SSSR count). The molecular formula is C8H10ClN3O2. The maximum Gasteiger partial charge on any atom is 0.341 e. The van der Waals surface area contributed by atoms with Gasteiger partial charge in [-0.25, -0.2) is 9.78 Å². The average Bonchev–Trinajstić information content (AvgIpc) is 2.19. The predicted molar refractivity (Wildman–Crippen MR) is 53.0 cm³/mol. The van der Waals surface area contributed by atoms with Crippen molar-refractivity contribution in [3.8, 4) is 0 Å². The third kappa shape index (κ3) is 2.34. The summed E-state index contributed by atoms with van der Waals surface area (Å²) in [5.74, 6) is 4.65. The van der Waals surface area contributed by atoms with E-state index in [-0.39, 0.29) is 17.3 Å². The number of hydrazine groups is 1. The number of rotatable bonds is 3. The van der Waals surface area contributed by atoms with Crippen molar-refractivity contribution in [2.45, 2.75) is 6.92 Å². The molecule has 0 spiro atoms. The molecule has 3 N–H and O–H groups in total. The highest BCUT2D eigenvalue weighted by atomic mass is 35.5. The van der Waals surface area contributed by atoms with Crippen LogP contribution in [0.2, 0.25) is 5.15 Å². The summed E-state index contributed by atoms with van der Waals surface area (Å²) in [7, 11) is 0. The van der Waals surface area contributed by atoms with Gasteiger partial charge in [-0.1, -0.05) is 11.6 Å².